The van der Waals surface area contributed by atoms with E-state index < -0.39 is 11.8 Å². The summed E-state index contributed by atoms with van der Waals surface area (Å²) in [5, 5.41) is 2.95. The number of carbonyl (C=O) groups is 3. The molecule has 1 aromatic rings. The molecule has 0 bridgehead atoms. The Balaban J connectivity index is 1.93. The number of piperidine rings is 1. The zero-order valence-corrected chi connectivity index (χ0v) is 14.7. The molecule has 8 heteroatoms. The molecule has 1 aliphatic rings. The molecule has 2 amide bonds. The van der Waals surface area contributed by atoms with Crippen molar-refractivity contribution >= 4 is 46.7 Å². The van der Waals surface area contributed by atoms with Gasteiger partial charge in [0.25, 0.3) is 0 Å². The fourth-order valence-corrected chi connectivity index (χ4v) is 3.00. The van der Waals surface area contributed by atoms with Crippen molar-refractivity contribution in [1.82, 2.24) is 4.90 Å². The number of esters is 1. The maximum Gasteiger partial charge on any atom is 0.313 e. The Labute approximate surface area is 150 Å². The van der Waals surface area contributed by atoms with Crippen LogP contribution >= 0.6 is 23.2 Å². The largest absolute Gasteiger partial charge is 0.466 e. The third-order valence-corrected chi connectivity index (χ3v) is 4.43. The van der Waals surface area contributed by atoms with Gasteiger partial charge in [-0.05, 0) is 31.9 Å². The highest BCUT2D eigenvalue weighted by Crippen LogP contribution is 2.30. The molecule has 0 unspecified atom stereocenters. The normalized spacial score (nSPS) is 15.0. The summed E-state index contributed by atoms with van der Waals surface area (Å²) in [6, 6.07) is 4.78. The summed E-state index contributed by atoms with van der Waals surface area (Å²) in [5.41, 5.74) is 0.209. The molecular weight excluding hydrogens is 355 g/mol. The van der Waals surface area contributed by atoms with Gasteiger partial charge in [-0.3, -0.25) is 14.4 Å². The van der Waals surface area contributed by atoms with Crippen LogP contribution < -0.4 is 5.32 Å². The number of hydrogen-bond acceptors (Lipinski definition) is 4. The van der Waals surface area contributed by atoms with Crippen molar-refractivity contribution in [2.24, 2.45) is 5.92 Å². The molecule has 1 saturated heterocycles. The maximum atomic E-state index is 12.2. The fraction of sp³-hybridized carbons (Fsp3) is 0.438. The lowest BCUT2D eigenvalue weighted by molar-refractivity contribution is -0.152. The second kappa shape index (κ2) is 8.35. The number of amides is 2. The van der Waals surface area contributed by atoms with E-state index in [0.29, 0.717) is 32.5 Å². The number of nitrogens with one attached hydrogen (secondary N) is 1. The fourth-order valence-electron chi connectivity index (χ4n) is 2.51. The van der Waals surface area contributed by atoms with Crippen LogP contribution in [0.4, 0.5) is 5.69 Å². The van der Waals surface area contributed by atoms with Gasteiger partial charge in [0.15, 0.2) is 0 Å². The van der Waals surface area contributed by atoms with Crippen molar-refractivity contribution in [1.29, 1.82) is 0 Å². The van der Waals surface area contributed by atoms with Gasteiger partial charge in [-0.1, -0.05) is 29.3 Å². The summed E-state index contributed by atoms with van der Waals surface area (Å²) in [7, 11) is 0. The van der Waals surface area contributed by atoms with Crippen LogP contribution in [0.5, 0.6) is 0 Å². The van der Waals surface area contributed by atoms with Gasteiger partial charge in [-0.25, -0.2) is 0 Å². The van der Waals surface area contributed by atoms with Gasteiger partial charge in [0.1, 0.15) is 0 Å². The van der Waals surface area contributed by atoms with Gasteiger partial charge in [-0.15, -0.1) is 0 Å². The first kappa shape index (κ1) is 18.5. The minimum Gasteiger partial charge on any atom is -0.466 e. The molecule has 0 aliphatic carbocycles. The Morgan fingerprint density at radius 3 is 2.33 bits per heavy atom. The van der Waals surface area contributed by atoms with E-state index in [2.05, 4.69) is 5.32 Å². The molecule has 0 atom stereocenters. The summed E-state index contributed by atoms with van der Waals surface area (Å²) >= 11 is 11.9. The number of halogens is 2. The highest BCUT2D eigenvalue weighted by molar-refractivity contribution is 6.44. The standard InChI is InChI=1S/C16H18Cl2N2O4/c1-2-24-16(23)10-6-8-20(9-7-10)15(22)14(21)19-13-11(17)4-3-5-12(13)18/h3-5,10H,2,6-9H2,1H3,(H,19,21). The van der Waals surface area contributed by atoms with Crippen molar-refractivity contribution in [3.63, 3.8) is 0 Å². The van der Waals surface area contributed by atoms with Crippen LogP contribution in [0, 0.1) is 5.92 Å². The van der Waals surface area contributed by atoms with E-state index in [9.17, 15) is 14.4 Å². The Morgan fingerprint density at radius 1 is 1.21 bits per heavy atom. The minimum atomic E-state index is -0.806. The van der Waals surface area contributed by atoms with E-state index in [-0.39, 0.29) is 27.6 Å². The predicted octanol–water partition coefficient (Wildman–Crippen LogP) is 2.73. The predicted molar refractivity (Wildman–Crippen MR) is 91.0 cm³/mol. The van der Waals surface area contributed by atoms with Gasteiger partial charge in [0.2, 0.25) is 0 Å². The molecule has 1 fully saturated rings. The van der Waals surface area contributed by atoms with Crippen LogP contribution in [0.1, 0.15) is 19.8 Å². The van der Waals surface area contributed by atoms with Crippen molar-refractivity contribution in [3.05, 3.63) is 28.2 Å². The van der Waals surface area contributed by atoms with Crippen LogP contribution in [0.25, 0.3) is 0 Å². The number of benzene rings is 1. The molecule has 1 aromatic carbocycles. The molecule has 130 valence electrons. The van der Waals surface area contributed by atoms with Crippen LogP contribution in [0.3, 0.4) is 0 Å². The number of para-hydroxylation sites is 1. The topological polar surface area (TPSA) is 75.7 Å². The Kier molecular flexibility index (Phi) is 6.45. The van der Waals surface area contributed by atoms with E-state index in [0.717, 1.165) is 0 Å². The first-order valence-electron chi connectivity index (χ1n) is 7.65. The number of hydrogen-bond donors (Lipinski definition) is 1. The number of nitrogens with zero attached hydrogens (tertiary/aromatic N) is 1. The Bertz CT molecular complexity index is 623. The number of rotatable bonds is 3. The van der Waals surface area contributed by atoms with Crippen molar-refractivity contribution in [3.8, 4) is 0 Å². The lowest BCUT2D eigenvalue weighted by Gasteiger charge is -2.30. The van der Waals surface area contributed by atoms with Crippen molar-refractivity contribution in [2.75, 3.05) is 25.0 Å². The van der Waals surface area contributed by atoms with E-state index in [1.165, 1.54) is 4.90 Å². The highest BCUT2D eigenvalue weighted by atomic mass is 35.5. The second-order valence-electron chi connectivity index (χ2n) is 5.37. The Hall–Kier alpha value is -1.79. The highest BCUT2D eigenvalue weighted by Gasteiger charge is 2.31. The summed E-state index contributed by atoms with van der Waals surface area (Å²) in [6.45, 7) is 2.73. The van der Waals surface area contributed by atoms with Crippen LogP contribution in [0.15, 0.2) is 18.2 Å². The number of anilines is 1. The summed E-state index contributed by atoms with van der Waals surface area (Å²) in [4.78, 5) is 37.5. The average molecular weight is 373 g/mol. The first-order chi connectivity index (χ1) is 11.4. The number of carbonyl (C=O) groups excluding carboxylic acids is 3. The third-order valence-electron chi connectivity index (χ3n) is 3.80. The SMILES string of the molecule is CCOC(=O)C1CCN(C(=O)C(=O)Nc2c(Cl)cccc2Cl)CC1. The van der Waals surface area contributed by atoms with E-state index in [1.807, 2.05) is 0 Å². The summed E-state index contributed by atoms with van der Waals surface area (Å²) < 4.78 is 4.98. The lowest BCUT2D eigenvalue weighted by atomic mass is 9.97. The molecule has 0 saturated carbocycles. The summed E-state index contributed by atoms with van der Waals surface area (Å²) in [6.07, 6.45) is 0.954. The van der Waals surface area contributed by atoms with E-state index in [1.54, 1.807) is 25.1 Å². The second-order valence-corrected chi connectivity index (χ2v) is 6.18. The Morgan fingerprint density at radius 2 is 1.79 bits per heavy atom. The van der Waals surface area contributed by atoms with Crippen LogP contribution in [-0.2, 0) is 19.1 Å². The van der Waals surface area contributed by atoms with Gasteiger partial charge >= 0.3 is 17.8 Å². The van der Waals surface area contributed by atoms with Crippen molar-refractivity contribution in [2.45, 2.75) is 19.8 Å². The zero-order valence-electron chi connectivity index (χ0n) is 13.2. The molecule has 0 spiro atoms. The number of likely N-dealkylation sites (tertiary alicyclic amines) is 1. The van der Waals surface area contributed by atoms with Crippen LogP contribution in [-0.4, -0.2) is 42.4 Å². The average Bonchev–Trinajstić information content (AvgIpc) is 2.58. The molecule has 1 heterocycles. The van der Waals surface area contributed by atoms with Crippen molar-refractivity contribution < 1.29 is 19.1 Å². The molecule has 0 radical (unpaired) electrons. The lowest BCUT2D eigenvalue weighted by Crippen LogP contribution is -2.45. The van der Waals surface area contributed by atoms with Crippen LogP contribution in [0.2, 0.25) is 10.0 Å². The molecule has 2 rings (SSSR count). The van der Waals surface area contributed by atoms with Gasteiger partial charge in [-0.2, -0.15) is 0 Å². The van der Waals surface area contributed by atoms with E-state index in [4.69, 9.17) is 27.9 Å². The molecule has 24 heavy (non-hydrogen) atoms. The first-order valence-corrected chi connectivity index (χ1v) is 8.40. The maximum absolute atomic E-state index is 12.2. The van der Waals surface area contributed by atoms with Gasteiger partial charge in [0, 0.05) is 13.1 Å². The summed E-state index contributed by atoms with van der Waals surface area (Å²) in [5.74, 6) is -1.96. The third kappa shape index (κ3) is 4.39. The molecule has 0 aromatic heterocycles. The molecule has 1 N–H and O–H groups in total. The molecule has 6 nitrogen and oxygen atoms in total. The monoisotopic (exact) mass is 372 g/mol. The smallest absolute Gasteiger partial charge is 0.313 e. The molecule has 1 aliphatic heterocycles. The van der Waals surface area contributed by atoms with E-state index >= 15 is 0 Å². The quantitative estimate of drug-likeness (QED) is 0.653. The van der Waals surface area contributed by atoms with Gasteiger partial charge in [0.05, 0.1) is 28.3 Å². The zero-order chi connectivity index (χ0) is 17.7. The minimum absolute atomic E-state index is 0.209. The van der Waals surface area contributed by atoms with Gasteiger partial charge < -0.3 is 15.0 Å². The number of ether oxygens (including phenoxy) is 1. The molecular formula is C16H18Cl2N2O4.